The van der Waals surface area contributed by atoms with Crippen molar-refractivity contribution in [3.05, 3.63) is 22.2 Å². The van der Waals surface area contributed by atoms with Crippen LogP contribution >= 0.6 is 23.2 Å². The lowest BCUT2D eigenvalue weighted by Gasteiger charge is -2.07. The second-order valence-corrected chi connectivity index (χ2v) is 3.57. The molecule has 0 aliphatic heterocycles. The SMILES string of the molecule is CCC(=O)Nc1cc(Cl)c(N)cc1Cl. The summed E-state index contributed by atoms with van der Waals surface area (Å²) in [7, 11) is 0. The number of hydrogen-bond donors (Lipinski definition) is 2. The van der Waals surface area contributed by atoms with Gasteiger partial charge in [-0.1, -0.05) is 30.1 Å². The normalized spacial score (nSPS) is 9.93. The summed E-state index contributed by atoms with van der Waals surface area (Å²) in [4.78, 5) is 11.1. The minimum atomic E-state index is -0.118. The second kappa shape index (κ2) is 4.53. The molecule has 14 heavy (non-hydrogen) atoms. The number of benzene rings is 1. The highest BCUT2D eigenvalue weighted by Crippen LogP contribution is 2.30. The zero-order chi connectivity index (χ0) is 10.7. The van der Waals surface area contributed by atoms with Crippen LogP contribution in [0.3, 0.4) is 0 Å². The lowest BCUT2D eigenvalue weighted by Crippen LogP contribution is -2.10. The molecule has 0 spiro atoms. The van der Waals surface area contributed by atoms with Gasteiger partial charge in [0.05, 0.1) is 21.4 Å². The molecule has 5 heteroatoms. The molecular weight excluding hydrogens is 223 g/mol. The minimum absolute atomic E-state index is 0.118. The number of nitrogen functional groups attached to an aromatic ring is 1. The first kappa shape index (κ1) is 11.1. The van der Waals surface area contributed by atoms with E-state index in [0.29, 0.717) is 27.8 Å². The molecule has 1 aromatic carbocycles. The first-order valence-corrected chi connectivity index (χ1v) is 4.84. The molecule has 1 amide bonds. The van der Waals surface area contributed by atoms with Crippen molar-refractivity contribution in [1.82, 2.24) is 0 Å². The third kappa shape index (κ3) is 2.53. The number of hydrogen-bond acceptors (Lipinski definition) is 2. The van der Waals surface area contributed by atoms with Crippen LogP contribution in [-0.2, 0) is 4.79 Å². The molecule has 0 radical (unpaired) electrons. The molecule has 76 valence electrons. The summed E-state index contributed by atoms with van der Waals surface area (Å²) < 4.78 is 0. The van der Waals surface area contributed by atoms with Crippen LogP contribution < -0.4 is 11.1 Å². The average molecular weight is 233 g/mol. The Hall–Kier alpha value is -0.930. The van der Waals surface area contributed by atoms with E-state index < -0.39 is 0 Å². The Morgan fingerprint density at radius 3 is 2.64 bits per heavy atom. The van der Waals surface area contributed by atoms with Gasteiger partial charge in [-0.05, 0) is 12.1 Å². The van der Waals surface area contributed by atoms with Crippen LogP contribution in [-0.4, -0.2) is 5.91 Å². The molecule has 0 saturated carbocycles. The van der Waals surface area contributed by atoms with E-state index in [4.69, 9.17) is 28.9 Å². The summed E-state index contributed by atoms with van der Waals surface area (Å²) >= 11 is 11.6. The fourth-order valence-electron chi connectivity index (χ4n) is 0.897. The van der Waals surface area contributed by atoms with Crippen molar-refractivity contribution < 1.29 is 4.79 Å². The minimum Gasteiger partial charge on any atom is -0.397 e. The van der Waals surface area contributed by atoms with Crippen molar-refractivity contribution in [1.29, 1.82) is 0 Å². The first-order chi connectivity index (χ1) is 6.54. The van der Waals surface area contributed by atoms with E-state index in [1.807, 2.05) is 0 Å². The van der Waals surface area contributed by atoms with E-state index in [0.717, 1.165) is 0 Å². The Labute approximate surface area is 92.2 Å². The number of amides is 1. The summed E-state index contributed by atoms with van der Waals surface area (Å²) in [6, 6.07) is 3.04. The maximum Gasteiger partial charge on any atom is 0.224 e. The van der Waals surface area contributed by atoms with E-state index in [1.165, 1.54) is 12.1 Å². The third-order valence-corrected chi connectivity index (χ3v) is 2.32. The molecule has 0 bridgehead atoms. The van der Waals surface area contributed by atoms with Crippen molar-refractivity contribution in [3.63, 3.8) is 0 Å². The molecule has 0 aliphatic rings. The quantitative estimate of drug-likeness (QED) is 0.771. The summed E-state index contributed by atoms with van der Waals surface area (Å²) in [5.41, 5.74) is 6.40. The zero-order valence-corrected chi connectivity index (χ0v) is 9.12. The topological polar surface area (TPSA) is 55.1 Å². The molecule has 0 unspecified atom stereocenters. The van der Waals surface area contributed by atoms with E-state index in [2.05, 4.69) is 5.32 Å². The predicted molar refractivity (Wildman–Crippen MR) is 59.8 cm³/mol. The summed E-state index contributed by atoms with van der Waals surface area (Å²) in [6.07, 6.45) is 0.387. The molecular formula is C9H10Cl2N2O. The van der Waals surface area contributed by atoms with E-state index in [1.54, 1.807) is 6.92 Å². The molecule has 3 nitrogen and oxygen atoms in total. The molecule has 0 fully saturated rings. The van der Waals surface area contributed by atoms with Gasteiger partial charge in [0.25, 0.3) is 0 Å². The highest BCUT2D eigenvalue weighted by Gasteiger charge is 2.07. The van der Waals surface area contributed by atoms with Crippen molar-refractivity contribution in [3.8, 4) is 0 Å². The van der Waals surface area contributed by atoms with Crippen molar-refractivity contribution in [2.45, 2.75) is 13.3 Å². The molecule has 1 aromatic rings. The highest BCUT2D eigenvalue weighted by atomic mass is 35.5. The fourth-order valence-corrected chi connectivity index (χ4v) is 1.28. The van der Waals surface area contributed by atoms with Crippen LogP contribution in [0.2, 0.25) is 10.0 Å². The van der Waals surface area contributed by atoms with Crippen LogP contribution in [0.1, 0.15) is 13.3 Å². The van der Waals surface area contributed by atoms with E-state index >= 15 is 0 Å². The number of carbonyl (C=O) groups is 1. The Balaban J connectivity index is 2.98. The van der Waals surface area contributed by atoms with Gasteiger partial charge in [-0.3, -0.25) is 4.79 Å². The van der Waals surface area contributed by atoms with Gasteiger partial charge in [-0.15, -0.1) is 0 Å². The Morgan fingerprint density at radius 2 is 2.07 bits per heavy atom. The third-order valence-electron chi connectivity index (χ3n) is 1.68. The largest absolute Gasteiger partial charge is 0.397 e. The Morgan fingerprint density at radius 1 is 1.43 bits per heavy atom. The maximum atomic E-state index is 11.1. The number of carbonyl (C=O) groups excluding carboxylic acids is 1. The van der Waals surface area contributed by atoms with Gasteiger partial charge in [0, 0.05) is 6.42 Å². The fraction of sp³-hybridized carbons (Fsp3) is 0.222. The molecule has 0 aliphatic carbocycles. The van der Waals surface area contributed by atoms with Crippen molar-refractivity contribution in [2.24, 2.45) is 0 Å². The van der Waals surface area contributed by atoms with Crippen molar-refractivity contribution >= 4 is 40.5 Å². The summed E-state index contributed by atoms with van der Waals surface area (Å²) in [6.45, 7) is 1.75. The number of halogens is 2. The van der Waals surface area contributed by atoms with Crippen LogP contribution in [0.5, 0.6) is 0 Å². The smallest absolute Gasteiger partial charge is 0.224 e. The van der Waals surface area contributed by atoms with Gasteiger partial charge >= 0.3 is 0 Å². The zero-order valence-electron chi connectivity index (χ0n) is 7.60. The van der Waals surface area contributed by atoms with Gasteiger partial charge in [0.1, 0.15) is 0 Å². The lowest BCUT2D eigenvalue weighted by molar-refractivity contribution is -0.115. The molecule has 3 N–H and O–H groups in total. The van der Waals surface area contributed by atoms with E-state index in [-0.39, 0.29) is 5.91 Å². The monoisotopic (exact) mass is 232 g/mol. The molecule has 0 saturated heterocycles. The van der Waals surface area contributed by atoms with Gasteiger partial charge in [0.2, 0.25) is 5.91 Å². The van der Waals surface area contributed by atoms with Crippen molar-refractivity contribution in [2.75, 3.05) is 11.1 Å². The standard InChI is InChI=1S/C9H10Cl2N2O/c1-2-9(14)13-8-4-5(10)7(12)3-6(8)11/h3-4H,2,12H2,1H3,(H,13,14). The number of anilines is 2. The molecule has 0 atom stereocenters. The van der Waals surface area contributed by atoms with Gasteiger partial charge in [-0.2, -0.15) is 0 Å². The van der Waals surface area contributed by atoms with Crippen LogP contribution in [0.25, 0.3) is 0 Å². The first-order valence-electron chi connectivity index (χ1n) is 4.09. The highest BCUT2D eigenvalue weighted by molar-refractivity contribution is 6.37. The predicted octanol–water partition coefficient (Wildman–Crippen LogP) is 2.92. The van der Waals surface area contributed by atoms with Gasteiger partial charge in [-0.25, -0.2) is 0 Å². The maximum absolute atomic E-state index is 11.1. The lowest BCUT2D eigenvalue weighted by atomic mass is 10.2. The van der Waals surface area contributed by atoms with Gasteiger partial charge < -0.3 is 11.1 Å². The number of nitrogens with one attached hydrogen (secondary N) is 1. The van der Waals surface area contributed by atoms with E-state index in [9.17, 15) is 4.79 Å². The Kier molecular flexibility index (Phi) is 3.61. The molecule has 0 heterocycles. The summed E-state index contributed by atoms with van der Waals surface area (Å²) in [5.74, 6) is -0.118. The van der Waals surface area contributed by atoms with Crippen LogP contribution in [0.15, 0.2) is 12.1 Å². The second-order valence-electron chi connectivity index (χ2n) is 2.76. The van der Waals surface area contributed by atoms with Crippen LogP contribution in [0.4, 0.5) is 11.4 Å². The number of nitrogens with two attached hydrogens (primary N) is 1. The molecule has 0 aromatic heterocycles. The summed E-state index contributed by atoms with van der Waals surface area (Å²) in [5, 5.41) is 3.38. The van der Waals surface area contributed by atoms with Gasteiger partial charge in [0.15, 0.2) is 0 Å². The Bertz CT molecular complexity index is 366. The number of rotatable bonds is 2. The van der Waals surface area contributed by atoms with Crippen LogP contribution in [0, 0.1) is 0 Å². The average Bonchev–Trinajstić information content (AvgIpc) is 2.14. The molecule has 1 rings (SSSR count).